The van der Waals surface area contributed by atoms with E-state index in [1.807, 2.05) is 5.32 Å². The first kappa shape index (κ1) is 15.6. The number of hydrogen-bond donors (Lipinski definition) is 3. The zero-order valence-electron chi connectivity index (χ0n) is 9.69. The Morgan fingerprint density at radius 1 is 1.35 bits per heavy atom. The summed E-state index contributed by atoms with van der Waals surface area (Å²) >= 11 is 0. The van der Waals surface area contributed by atoms with Crippen LogP contribution in [0.4, 0.5) is 4.79 Å². The third-order valence-corrected chi connectivity index (χ3v) is 3.46. The molecular weight excluding hydrogens is 248 g/mol. The number of carboxylic acid groups (broad SMARTS) is 1. The van der Waals surface area contributed by atoms with Crippen molar-refractivity contribution in [2.45, 2.75) is 25.5 Å². The molecule has 0 bridgehead atoms. The number of aliphatic carboxylic acids is 1. The number of amides is 3. The fraction of sp³-hybridized carbons (Fsp3) is 0.667. The van der Waals surface area contributed by atoms with Crippen molar-refractivity contribution < 1.29 is 23.7 Å². The molecule has 0 aromatic rings. The minimum absolute atomic E-state index is 0.112. The summed E-state index contributed by atoms with van der Waals surface area (Å²) in [4.78, 5) is 32.7. The third-order valence-electron chi connectivity index (χ3n) is 1.85. The Morgan fingerprint density at radius 3 is 2.41 bits per heavy atom. The van der Waals surface area contributed by atoms with E-state index in [0.29, 0.717) is 6.54 Å². The molecule has 3 amide bonds. The lowest BCUT2D eigenvalue weighted by Gasteiger charge is -2.10. The second-order valence-electron chi connectivity index (χ2n) is 3.22. The van der Waals surface area contributed by atoms with E-state index in [4.69, 9.17) is 5.11 Å². The highest BCUT2D eigenvalue weighted by Crippen LogP contribution is 1.98. The lowest BCUT2D eigenvalue weighted by Crippen LogP contribution is -2.44. The van der Waals surface area contributed by atoms with Gasteiger partial charge in [-0.05, 0) is 13.8 Å². The number of carboxylic acids is 1. The molecule has 0 saturated carbocycles. The highest BCUT2D eigenvalue weighted by molar-refractivity contribution is 7.86. The predicted octanol–water partition coefficient (Wildman–Crippen LogP) is -0.556. The lowest BCUT2D eigenvalue weighted by molar-refractivity contribution is -0.136. The molecule has 0 aliphatic heterocycles. The maximum absolute atomic E-state index is 11.5. The van der Waals surface area contributed by atoms with Crippen LogP contribution in [0.1, 0.15) is 20.3 Å². The van der Waals surface area contributed by atoms with Crippen molar-refractivity contribution in [1.29, 1.82) is 0 Å². The molecular formula is C9H16N2O5S. The van der Waals surface area contributed by atoms with Crippen LogP contribution in [0.5, 0.6) is 0 Å². The van der Waals surface area contributed by atoms with Crippen molar-refractivity contribution >= 4 is 28.7 Å². The molecule has 7 nitrogen and oxygen atoms in total. The third kappa shape index (κ3) is 6.67. The van der Waals surface area contributed by atoms with Crippen molar-refractivity contribution in [2.75, 3.05) is 12.3 Å². The maximum Gasteiger partial charge on any atom is 0.321 e. The van der Waals surface area contributed by atoms with Crippen molar-refractivity contribution in [3.63, 3.8) is 0 Å². The Labute approximate surface area is 101 Å². The first-order valence-electron chi connectivity index (χ1n) is 5.06. The van der Waals surface area contributed by atoms with Crippen molar-refractivity contribution in [1.82, 2.24) is 10.6 Å². The summed E-state index contributed by atoms with van der Waals surface area (Å²) in [6, 6.07) is -0.653. The minimum Gasteiger partial charge on any atom is -0.481 e. The number of urea groups is 1. The summed E-state index contributed by atoms with van der Waals surface area (Å²) in [5, 5.41) is 11.9. The monoisotopic (exact) mass is 264 g/mol. The van der Waals surface area contributed by atoms with E-state index in [2.05, 4.69) is 5.32 Å². The Kier molecular flexibility index (Phi) is 7.11. The normalized spacial score (nSPS) is 13.5. The van der Waals surface area contributed by atoms with Crippen molar-refractivity contribution in [2.24, 2.45) is 0 Å². The first-order valence-corrected chi connectivity index (χ1v) is 6.44. The largest absolute Gasteiger partial charge is 0.481 e. The Morgan fingerprint density at radius 2 is 1.94 bits per heavy atom. The zero-order chi connectivity index (χ0) is 13.4. The molecule has 2 unspecified atom stereocenters. The summed E-state index contributed by atoms with van der Waals surface area (Å²) in [5.74, 6) is -1.87. The van der Waals surface area contributed by atoms with Crippen LogP contribution in [-0.4, -0.2) is 44.8 Å². The van der Waals surface area contributed by atoms with E-state index < -0.39 is 34.0 Å². The first-order chi connectivity index (χ1) is 7.88. The summed E-state index contributed by atoms with van der Waals surface area (Å²) < 4.78 is 11.5. The van der Waals surface area contributed by atoms with Gasteiger partial charge in [-0.1, -0.05) is 0 Å². The number of hydrogen-bond acceptors (Lipinski definition) is 4. The van der Waals surface area contributed by atoms with Gasteiger partial charge in [0.15, 0.2) is 0 Å². The van der Waals surface area contributed by atoms with Gasteiger partial charge in [-0.15, -0.1) is 0 Å². The standard InChI is InChI=1S/C9H16N2O5S/c1-3-10-9(15)11-8(14)6(2)17(16)5-4-7(12)13/h6H,3-5H2,1-2H3,(H,12,13)(H2,10,11,14,15). The lowest BCUT2D eigenvalue weighted by atomic mass is 10.4. The van der Waals surface area contributed by atoms with Crippen LogP contribution in [0, 0.1) is 0 Å². The molecule has 0 fully saturated rings. The molecule has 0 aromatic carbocycles. The van der Waals surface area contributed by atoms with Gasteiger partial charge in [0.25, 0.3) is 0 Å². The Bertz CT molecular complexity index is 331. The predicted molar refractivity (Wildman–Crippen MR) is 61.9 cm³/mol. The van der Waals surface area contributed by atoms with Gasteiger partial charge in [-0.3, -0.25) is 19.1 Å². The molecule has 17 heavy (non-hydrogen) atoms. The van der Waals surface area contributed by atoms with E-state index in [9.17, 15) is 18.6 Å². The molecule has 8 heteroatoms. The van der Waals surface area contributed by atoms with Crippen molar-refractivity contribution in [3.05, 3.63) is 0 Å². The molecule has 0 aliphatic rings. The van der Waals surface area contributed by atoms with Crippen molar-refractivity contribution in [3.8, 4) is 0 Å². The summed E-state index contributed by atoms with van der Waals surface area (Å²) in [6.45, 7) is 3.45. The number of nitrogens with one attached hydrogen (secondary N) is 2. The fourth-order valence-electron chi connectivity index (χ4n) is 0.902. The van der Waals surface area contributed by atoms with E-state index in [-0.39, 0.29) is 12.2 Å². The maximum atomic E-state index is 11.5. The summed E-state index contributed by atoms with van der Waals surface area (Å²) in [7, 11) is -1.61. The fourth-order valence-corrected chi connectivity index (χ4v) is 1.93. The molecule has 0 spiro atoms. The van der Waals surface area contributed by atoms with E-state index in [1.165, 1.54) is 6.92 Å². The molecule has 0 aliphatic carbocycles. The quantitative estimate of drug-likeness (QED) is 0.595. The van der Waals surface area contributed by atoms with Gasteiger partial charge in [-0.25, -0.2) is 4.79 Å². The topological polar surface area (TPSA) is 113 Å². The van der Waals surface area contributed by atoms with Crippen LogP contribution in [0.2, 0.25) is 0 Å². The Balaban J connectivity index is 4.15. The zero-order valence-corrected chi connectivity index (χ0v) is 10.5. The number of rotatable bonds is 6. The molecule has 0 rings (SSSR count). The Hall–Kier alpha value is -1.44. The van der Waals surface area contributed by atoms with Crippen LogP contribution in [0.15, 0.2) is 0 Å². The van der Waals surface area contributed by atoms with Gasteiger partial charge in [0, 0.05) is 23.1 Å². The van der Waals surface area contributed by atoms with Crippen LogP contribution in [0.3, 0.4) is 0 Å². The van der Waals surface area contributed by atoms with Gasteiger partial charge in [0.05, 0.1) is 6.42 Å². The van der Waals surface area contributed by atoms with Crippen LogP contribution < -0.4 is 10.6 Å². The summed E-state index contributed by atoms with van der Waals surface area (Å²) in [6.07, 6.45) is -0.272. The minimum atomic E-state index is -1.61. The molecule has 0 radical (unpaired) electrons. The number of carbonyl (C=O) groups excluding carboxylic acids is 2. The van der Waals surface area contributed by atoms with Crippen LogP contribution in [0.25, 0.3) is 0 Å². The molecule has 0 heterocycles. The summed E-state index contributed by atoms with van der Waals surface area (Å²) in [5.41, 5.74) is 0. The van der Waals surface area contributed by atoms with Gasteiger partial charge < -0.3 is 10.4 Å². The second kappa shape index (κ2) is 7.77. The second-order valence-corrected chi connectivity index (χ2v) is 5.10. The molecule has 0 aromatic heterocycles. The molecule has 3 N–H and O–H groups in total. The average Bonchev–Trinajstić information content (AvgIpc) is 2.24. The van der Waals surface area contributed by atoms with Gasteiger partial charge in [0.1, 0.15) is 5.25 Å². The van der Waals surface area contributed by atoms with E-state index in [0.717, 1.165) is 0 Å². The molecule has 98 valence electrons. The smallest absolute Gasteiger partial charge is 0.321 e. The SMILES string of the molecule is CCNC(=O)NC(=O)C(C)S(=O)CCC(=O)O. The average molecular weight is 264 g/mol. The van der Waals surface area contributed by atoms with Crippen LogP contribution >= 0.6 is 0 Å². The van der Waals surface area contributed by atoms with E-state index >= 15 is 0 Å². The van der Waals surface area contributed by atoms with Gasteiger partial charge in [0.2, 0.25) is 5.91 Å². The van der Waals surface area contributed by atoms with E-state index in [1.54, 1.807) is 6.92 Å². The highest BCUT2D eigenvalue weighted by atomic mass is 32.2. The van der Waals surface area contributed by atoms with Crippen LogP contribution in [-0.2, 0) is 20.4 Å². The number of imide groups is 1. The van der Waals surface area contributed by atoms with Gasteiger partial charge >= 0.3 is 12.0 Å². The number of carbonyl (C=O) groups is 3. The highest BCUT2D eigenvalue weighted by Gasteiger charge is 2.21. The van der Waals surface area contributed by atoms with Gasteiger partial charge in [-0.2, -0.15) is 0 Å². The molecule has 2 atom stereocenters. The molecule has 0 saturated heterocycles.